The molecular formula is C14H26N4O. The second kappa shape index (κ2) is 6.70. The Kier molecular flexibility index (Phi) is 5.54. The smallest absolute Gasteiger partial charge is 0.134 e. The van der Waals surface area contributed by atoms with Crippen molar-refractivity contribution >= 4 is 11.6 Å². The van der Waals surface area contributed by atoms with Crippen molar-refractivity contribution in [3.63, 3.8) is 0 Å². The van der Waals surface area contributed by atoms with E-state index in [-0.39, 0.29) is 12.1 Å². The number of nitrogens with one attached hydrogen (secondary N) is 1. The summed E-state index contributed by atoms with van der Waals surface area (Å²) in [6, 6.07) is 1.94. The molecule has 1 aromatic heterocycles. The van der Waals surface area contributed by atoms with Crippen LogP contribution in [0.4, 0.5) is 11.6 Å². The zero-order valence-corrected chi connectivity index (χ0v) is 12.7. The fraction of sp³-hybridized carbons (Fsp3) is 0.714. The first-order valence-corrected chi connectivity index (χ1v) is 6.91. The number of aliphatic hydroxyl groups is 1. The molecule has 0 saturated heterocycles. The van der Waals surface area contributed by atoms with E-state index in [2.05, 4.69) is 22.2 Å². The number of hydrogen-bond acceptors (Lipinski definition) is 5. The standard InChI is InChI=1S/C14H26N4O/c1-6-8-15-12-9-13(17-11(7-2)16-12)18(5)14(3,4)10-19/h9,19H,6-8,10H2,1-5H3,(H,15,16,17). The Morgan fingerprint density at radius 2 is 2.00 bits per heavy atom. The zero-order chi connectivity index (χ0) is 14.5. The van der Waals surface area contributed by atoms with E-state index in [4.69, 9.17) is 0 Å². The predicted molar refractivity (Wildman–Crippen MR) is 79.8 cm³/mol. The SMILES string of the molecule is CCCNc1cc(N(C)C(C)(C)CO)nc(CC)n1. The van der Waals surface area contributed by atoms with Crippen molar-refractivity contribution in [3.8, 4) is 0 Å². The van der Waals surface area contributed by atoms with Crippen molar-refractivity contribution in [1.29, 1.82) is 0 Å². The lowest BCUT2D eigenvalue weighted by Crippen LogP contribution is -2.45. The van der Waals surface area contributed by atoms with E-state index in [0.717, 1.165) is 36.8 Å². The fourth-order valence-electron chi connectivity index (χ4n) is 1.57. The van der Waals surface area contributed by atoms with E-state index in [1.54, 1.807) is 0 Å². The lowest BCUT2D eigenvalue weighted by atomic mass is 10.1. The van der Waals surface area contributed by atoms with Crippen molar-refractivity contribution in [2.24, 2.45) is 0 Å². The summed E-state index contributed by atoms with van der Waals surface area (Å²) >= 11 is 0. The zero-order valence-electron chi connectivity index (χ0n) is 12.7. The number of likely N-dealkylation sites (N-methyl/N-ethyl adjacent to an activating group) is 1. The van der Waals surface area contributed by atoms with Gasteiger partial charge in [0, 0.05) is 26.1 Å². The van der Waals surface area contributed by atoms with E-state index >= 15 is 0 Å². The molecule has 5 heteroatoms. The minimum Gasteiger partial charge on any atom is -0.394 e. The third kappa shape index (κ3) is 4.06. The molecular weight excluding hydrogens is 240 g/mol. The van der Waals surface area contributed by atoms with Gasteiger partial charge in [0.2, 0.25) is 0 Å². The number of aryl methyl sites for hydroxylation is 1. The lowest BCUT2D eigenvalue weighted by Gasteiger charge is -2.35. The monoisotopic (exact) mass is 266 g/mol. The van der Waals surface area contributed by atoms with Crippen molar-refractivity contribution in [3.05, 3.63) is 11.9 Å². The molecule has 0 unspecified atom stereocenters. The predicted octanol–water partition coefficient (Wildman–Crippen LogP) is 2.07. The topological polar surface area (TPSA) is 61.3 Å². The molecule has 108 valence electrons. The van der Waals surface area contributed by atoms with Gasteiger partial charge in [0.15, 0.2) is 0 Å². The molecule has 0 bridgehead atoms. The van der Waals surface area contributed by atoms with Gasteiger partial charge in [0.25, 0.3) is 0 Å². The van der Waals surface area contributed by atoms with Gasteiger partial charge >= 0.3 is 0 Å². The quantitative estimate of drug-likeness (QED) is 0.791. The highest BCUT2D eigenvalue weighted by Crippen LogP contribution is 2.22. The fourth-order valence-corrected chi connectivity index (χ4v) is 1.57. The van der Waals surface area contributed by atoms with Gasteiger partial charge in [-0.15, -0.1) is 0 Å². The summed E-state index contributed by atoms with van der Waals surface area (Å²) < 4.78 is 0. The van der Waals surface area contributed by atoms with Crippen LogP contribution in [0, 0.1) is 0 Å². The Balaban J connectivity index is 3.05. The molecule has 0 aliphatic carbocycles. The highest BCUT2D eigenvalue weighted by molar-refractivity contribution is 5.50. The summed E-state index contributed by atoms with van der Waals surface area (Å²) in [5.74, 6) is 2.51. The van der Waals surface area contributed by atoms with Crippen molar-refractivity contribution in [1.82, 2.24) is 9.97 Å². The first-order chi connectivity index (χ1) is 8.94. The highest BCUT2D eigenvalue weighted by Gasteiger charge is 2.24. The van der Waals surface area contributed by atoms with Gasteiger partial charge in [-0.1, -0.05) is 13.8 Å². The van der Waals surface area contributed by atoms with Crippen molar-refractivity contribution < 1.29 is 5.11 Å². The maximum Gasteiger partial charge on any atom is 0.134 e. The normalized spacial score (nSPS) is 11.5. The van der Waals surface area contributed by atoms with Gasteiger partial charge in [0.1, 0.15) is 17.5 Å². The second-order valence-electron chi connectivity index (χ2n) is 5.34. The number of anilines is 2. The van der Waals surface area contributed by atoms with Gasteiger partial charge in [-0.25, -0.2) is 9.97 Å². The first-order valence-electron chi connectivity index (χ1n) is 6.91. The minimum absolute atomic E-state index is 0.0761. The molecule has 0 aliphatic heterocycles. The Morgan fingerprint density at radius 3 is 2.53 bits per heavy atom. The average molecular weight is 266 g/mol. The van der Waals surface area contributed by atoms with Gasteiger partial charge in [-0.3, -0.25) is 0 Å². The maximum atomic E-state index is 9.46. The molecule has 0 atom stereocenters. The molecule has 19 heavy (non-hydrogen) atoms. The summed E-state index contributed by atoms with van der Waals surface area (Å²) in [6.07, 6.45) is 1.85. The Morgan fingerprint density at radius 1 is 1.32 bits per heavy atom. The number of aromatic nitrogens is 2. The molecule has 1 heterocycles. The van der Waals surface area contributed by atoms with Crippen molar-refractivity contribution in [2.45, 2.75) is 46.1 Å². The van der Waals surface area contributed by atoms with Crippen LogP contribution in [0.25, 0.3) is 0 Å². The third-order valence-corrected chi connectivity index (χ3v) is 3.27. The molecule has 0 aliphatic rings. The molecule has 0 saturated carbocycles. The van der Waals surface area contributed by atoms with Crippen LogP contribution >= 0.6 is 0 Å². The Hall–Kier alpha value is -1.36. The first kappa shape index (κ1) is 15.7. The molecule has 1 rings (SSSR count). The van der Waals surface area contributed by atoms with Crippen LogP contribution in [0.15, 0.2) is 6.07 Å². The van der Waals surface area contributed by atoms with E-state index < -0.39 is 0 Å². The minimum atomic E-state index is -0.346. The average Bonchev–Trinajstić information content (AvgIpc) is 2.43. The summed E-state index contributed by atoms with van der Waals surface area (Å²) in [4.78, 5) is 11.0. The van der Waals surface area contributed by atoms with Gasteiger partial charge in [-0.05, 0) is 20.3 Å². The summed E-state index contributed by atoms with van der Waals surface area (Å²) in [7, 11) is 1.95. The van der Waals surface area contributed by atoms with Gasteiger partial charge in [0.05, 0.1) is 12.1 Å². The van der Waals surface area contributed by atoms with Crippen LogP contribution in [-0.2, 0) is 6.42 Å². The molecule has 0 aromatic carbocycles. The third-order valence-electron chi connectivity index (χ3n) is 3.27. The second-order valence-corrected chi connectivity index (χ2v) is 5.34. The maximum absolute atomic E-state index is 9.46. The number of aliphatic hydroxyl groups excluding tert-OH is 1. The number of hydrogen-bond donors (Lipinski definition) is 2. The van der Waals surface area contributed by atoms with Crippen LogP contribution in [-0.4, -0.2) is 40.8 Å². The van der Waals surface area contributed by atoms with Crippen LogP contribution in [0.5, 0.6) is 0 Å². The van der Waals surface area contributed by atoms with E-state index in [0.29, 0.717) is 0 Å². The molecule has 0 fully saturated rings. The Labute approximate surface area is 116 Å². The molecule has 0 amide bonds. The summed E-state index contributed by atoms with van der Waals surface area (Å²) in [5, 5.41) is 12.8. The summed E-state index contributed by atoms with van der Waals surface area (Å²) in [5.41, 5.74) is -0.346. The van der Waals surface area contributed by atoms with Crippen LogP contribution < -0.4 is 10.2 Å². The number of rotatable bonds is 7. The lowest BCUT2D eigenvalue weighted by molar-refractivity contribution is 0.215. The Bertz CT molecular complexity index is 406. The molecule has 5 nitrogen and oxygen atoms in total. The van der Waals surface area contributed by atoms with Gasteiger partial charge in [-0.2, -0.15) is 0 Å². The highest BCUT2D eigenvalue weighted by atomic mass is 16.3. The van der Waals surface area contributed by atoms with Gasteiger partial charge < -0.3 is 15.3 Å². The van der Waals surface area contributed by atoms with E-state index in [9.17, 15) is 5.11 Å². The van der Waals surface area contributed by atoms with Crippen LogP contribution in [0.1, 0.15) is 39.9 Å². The molecule has 1 aromatic rings. The number of nitrogens with zero attached hydrogens (tertiary/aromatic N) is 3. The molecule has 0 radical (unpaired) electrons. The molecule has 2 N–H and O–H groups in total. The van der Waals surface area contributed by atoms with E-state index in [1.807, 2.05) is 38.8 Å². The van der Waals surface area contributed by atoms with Crippen LogP contribution in [0.3, 0.4) is 0 Å². The van der Waals surface area contributed by atoms with E-state index in [1.165, 1.54) is 0 Å². The van der Waals surface area contributed by atoms with Crippen LogP contribution in [0.2, 0.25) is 0 Å². The summed E-state index contributed by atoms with van der Waals surface area (Å²) in [6.45, 7) is 9.11. The van der Waals surface area contributed by atoms with Crippen molar-refractivity contribution in [2.75, 3.05) is 30.4 Å². The largest absolute Gasteiger partial charge is 0.394 e. The molecule has 0 spiro atoms.